The fourth-order valence-electron chi connectivity index (χ4n) is 4.95. The molecule has 0 saturated carbocycles. The SMILES string of the molecule is CCC(C(=O)O)n1c2c(c3cc(F)ccc31)C[C@@H](NC(=O)CCc1ccccc1C)CC2. The molecule has 2 N–H and O–H groups in total. The van der Waals surface area contributed by atoms with Crippen molar-refractivity contribution in [1.29, 1.82) is 0 Å². The highest BCUT2D eigenvalue weighted by molar-refractivity contribution is 5.88. The van der Waals surface area contributed by atoms with Gasteiger partial charge in [-0.25, -0.2) is 9.18 Å². The van der Waals surface area contributed by atoms with Gasteiger partial charge in [-0.15, -0.1) is 0 Å². The number of carbonyl (C=O) groups is 2. The molecule has 0 fully saturated rings. The minimum absolute atomic E-state index is 0.00796. The average molecular weight is 437 g/mol. The van der Waals surface area contributed by atoms with Crippen molar-refractivity contribution in [3.05, 3.63) is 70.7 Å². The van der Waals surface area contributed by atoms with Crippen molar-refractivity contribution >= 4 is 22.8 Å². The summed E-state index contributed by atoms with van der Waals surface area (Å²) in [6, 6.07) is 11.9. The molecule has 0 aliphatic heterocycles. The van der Waals surface area contributed by atoms with E-state index in [-0.39, 0.29) is 17.8 Å². The molecule has 1 aliphatic rings. The standard InChI is InChI=1S/C26H29FN2O3/c1-3-22(26(31)32)29-23-11-9-18(27)14-20(23)21-15-19(10-12-24(21)29)28-25(30)13-8-17-7-5-4-6-16(17)2/h4-7,9,11,14,19,22H,3,8,10,12-13,15H2,1-2H3,(H,28,30)(H,31,32)/t19-,22?/m0/s1. The summed E-state index contributed by atoms with van der Waals surface area (Å²) < 4.78 is 15.9. The number of fused-ring (bicyclic) bond motifs is 3. The van der Waals surface area contributed by atoms with Crippen molar-refractivity contribution in [1.82, 2.24) is 9.88 Å². The summed E-state index contributed by atoms with van der Waals surface area (Å²) in [6.07, 6.45) is 3.52. The van der Waals surface area contributed by atoms with Gasteiger partial charge in [0.05, 0.1) is 0 Å². The van der Waals surface area contributed by atoms with Crippen LogP contribution in [0, 0.1) is 12.7 Å². The first kappa shape index (κ1) is 22.1. The number of nitrogens with zero attached hydrogens (tertiary/aromatic N) is 1. The van der Waals surface area contributed by atoms with Crippen molar-refractivity contribution in [3.63, 3.8) is 0 Å². The highest BCUT2D eigenvalue weighted by atomic mass is 19.1. The second kappa shape index (κ2) is 9.15. The number of aliphatic carboxylic acids is 1. The maximum absolute atomic E-state index is 14.1. The van der Waals surface area contributed by atoms with Crippen molar-refractivity contribution in [2.24, 2.45) is 0 Å². The quantitative estimate of drug-likeness (QED) is 0.562. The molecule has 1 heterocycles. The van der Waals surface area contributed by atoms with Gasteiger partial charge in [-0.3, -0.25) is 4.79 Å². The molecule has 168 valence electrons. The molecule has 0 saturated heterocycles. The Hall–Kier alpha value is -3.15. The number of amides is 1. The molecule has 32 heavy (non-hydrogen) atoms. The van der Waals surface area contributed by atoms with E-state index in [1.807, 2.05) is 42.7 Å². The third-order valence-electron chi connectivity index (χ3n) is 6.59. The first-order valence-electron chi connectivity index (χ1n) is 11.3. The van der Waals surface area contributed by atoms with Gasteiger partial charge in [-0.1, -0.05) is 31.2 Å². The average Bonchev–Trinajstić information content (AvgIpc) is 3.06. The fraction of sp³-hybridized carbons (Fsp3) is 0.385. The van der Waals surface area contributed by atoms with E-state index in [0.717, 1.165) is 28.6 Å². The summed E-state index contributed by atoms with van der Waals surface area (Å²) in [4.78, 5) is 24.5. The highest BCUT2D eigenvalue weighted by Gasteiger charge is 2.30. The summed E-state index contributed by atoms with van der Waals surface area (Å²) in [7, 11) is 0. The van der Waals surface area contributed by atoms with Crippen molar-refractivity contribution in [3.8, 4) is 0 Å². The monoisotopic (exact) mass is 436 g/mol. The Kier molecular flexibility index (Phi) is 6.31. The number of hydrogen-bond donors (Lipinski definition) is 2. The Morgan fingerprint density at radius 3 is 2.75 bits per heavy atom. The molecule has 1 amide bonds. The van der Waals surface area contributed by atoms with Gasteiger partial charge in [0.1, 0.15) is 11.9 Å². The predicted molar refractivity (Wildman–Crippen MR) is 122 cm³/mol. The number of carboxylic acids is 1. The second-order valence-corrected chi connectivity index (χ2v) is 8.65. The molecule has 3 aromatic rings. The third-order valence-corrected chi connectivity index (χ3v) is 6.59. The fourth-order valence-corrected chi connectivity index (χ4v) is 4.95. The molecule has 4 rings (SSSR count). The third kappa shape index (κ3) is 4.27. The molecule has 1 aromatic heterocycles. The first-order chi connectivity index (χ1) is 15.4. The Balaban J connectivity index is 1.55. The molecule has 2 aromatic carbocycles. The molecule has 1 unspecified atom stereocenters. The van der Waals surface area contributed by atoms with Crippen molar-refractivity contribution in [2.45, 2.75) is 64.5 Å². The number of hydrogen-bond acceptors (Lipinski definition) is 2. The second-order valence-electron chi connectivity index (χ2n) is 8.65. The summed E-state index contributed by atoms with van der Waals surface area (Å²) >= 11 is 0. The van der Waals surface area contributed by atoms with Crippen LogP contribution in [-0.4, -0.2) is 27.6 Å². The Bertz CT molecular complexity index is 1170. The van der Waals surface area contributed by atoms with E-state index < -0.39 is 12.0 Å². The van der Waals surface area contributed by atoms with Gasteiger partial charge in [-0.2, -0.15) is 0 Å². The smallest absolute Gasteiger partial charge is 0.326 e. The molecular weight excluding hydrogens is 407 g/mol. The number of aromatic nitrogens is 1. The number of carbonyl (C=O) groups excluding carboxylic acids is 1. The van der Waals surface area contributed by atoms with Gasteiger partial charge in [0.15, 0.2) is 0 Å². The van der Waals surface area contributed by atoms with Gasteiger partial charge >= 0.3 is 5.97 Å². The van der Waals surface area contributed by atoms with Gasteiger partial charge in [0.25, 0.3) is 0 Å². The van der Waals surface area contributed by atoms with Crippen LogP contribution in [-0.2, 0) is 28.9 Å². The lowest BCUT2D eigenvalue weighted by molar-refractivity contribution is -0.141. The zero-order valence-corrected chi connectivity index (χ0v) is 18.5. The van der Waals surface area contributed by atoms with Crippen LogP contribution < -0.4 is 5.32 Å². The Morgan fingerprint density at radius 1 is 1.25 bits per heavy atom. The first-order valence-corrected chi connectivity index (χ1v) is 11.3. The van der Waals surface area contributed by atoms with E-state index in [0.29, 0.717) is 32.1 Å². The molecule has 1 aliphatic carbocycles. The van der Waals surface area contributed by atoms with Crippen LogP contribution >= 0.6 is 0 Å². The van der Waals surface area contributed by atoms with E-state index >= 15 is 0 Å². The zero-order chi connectivity index (χ0) is 22.8. The zero-order valence-electron chi connectivity index (χ0n) is 18.5. The van der Waals surface area contributed by atoms with Crippen molar-refractivity contribution < 1.29 is 19.1 Å². The minimum Gasteiger partial charge on any atom is -0.480 e. The molecule has 0 bridgehead atoms. The van der Waals surface area contributed by atoms with Gasteiger partial charge < -0.3 is 15.0 Å². The normalized spacial score (nSPS) is 16.5. The van der Waals surface area contributed by atoms with E-state index in [4.69, 9.17) is 0 Å². The summed E-state index contributed by atoms with van der Waals surface area (Å²) in [5, 5.41) is 13.6. The van der Waals surface area contributed by atoms with E-state index in [2.05, 4.69) is 5.32 Å². The van der Waals surface area contributed by atoms with Gasteiger partial charge in [-0.05, 0) is 73.9 Å². The lowest BCUT2D eigenvalue weighted by Crippen LogP contribution is -2.39. The number of nitrogens with one attached hydrogen (secondary N) is 1. The molecular formula is C26H29FN2O3. The van der Waals surface area contributed by atoms with Crippen LogP contribution in [0.3, 0.4) is 0 Å². The number of aryl methyl sites for hydroxylation is 2. The lowest BCUT2D eigenvalue weighted by atomic mass is 9.91. The van der Waals surface area contributed by atoms with Crippen LogP contribution in [0.15, 0.2) is 42.5 Å². The van der Waals surface area contributed by atoms with E-state index in [1.165, 1.54) is 23.3 Å². The minimum atomic E-state index is -0.886. The van der Waals surface area contributed by atoms with Crippen LogP contribution in [0.1, 0.15) is 54.6 Å². The Labute approximate surface area is 187 Å². The maximum Gasteiger partial charge on any atom is 0.326 e. The summed E-state index contributed by atoms with van der Waals surface area (Å²) in [5.41, 5.74) is 5.00. The van der Waals surface area contributed by atoms with Gasteiger partial charge in [0, 0.05) is 29.1 Å². The van der Waals surface area contributed by atoms with Crippen molar-refractivity contribution in [2.75, 3.05) is 0 Å². The molecule has 5 nitrogen and oxygen atoms in total. The molecule has 6 heteroatoms. The van der Waals surface area contributed by atoms with Gasteiger partial charge in [0.2, 0.25) is 5.91 Å². The van der Waals surface area contributed by atoms with Crippen LogP contribution in [0.2, 0.25) is 0 Å². The largest absolute Gasteiger partial charge is 0.480 e. The molecule has 2 atom stereocenters. The maximum atomic E-state index is 14.1. The summed E-state index contributed by atoms with van der Waals surface area (Å²) in [6.45, 7) is 3.90. The number of carboxylic acid groups (broad SMARTS) is 1. The Morgan fingerprint density at radius 2 is 2.03 bits per heavy atom. The lowest BCUT2D eigenvalue weighted by Gasteiger charge is -2.26. The van der Waals surface area contributed by atoms with E-state index in [9.17, 15) is 19.1 Å². The topological polar surface area (TPSA) is 71.3 Å². The van der Waals surface area contributed by atoms with Crippen LogP contribution in [0.25, 0.3) is 10.9 Å². The number of rotatable bonds is 7. The highest BCUT2D eigenvalue weighted by Crippen LogP contribution is 2.36. The number of benzene rings is 2. The van der Waals surface area contributed by atoms with Crippen LogP contribution in [0.5, 0.6) is 0 Å². The molecule has 0 radical (unpaired) electrons. The van der Waals surface area contributed by atoms with Crippen LogP contribution in [0.4, 0.5) is 4.39 Å². The predicted octanol–water partition coefficient (Wildman–Crippen LogP) is 4.73. The molecule has 0 spiro atoms. The summed E-state index contributed by atoms with van der Waals surface area (Å²) in [5.74, 6) is -1.22. The van der Waals surface area contributed by atoms with E-state index in [1.54, 1.807) is 6.07 Å². The number of halogens is 1.